The second-order valence-corrected chi connectivity index (χ2v) is 10.9. The molecule has 13 heteroatoms. The van der Waals surface area contributed by atoms with Gasteiger partial charge in [-0.2, -0.15) is 0 Å². The van der Waals surface area contributed by atoms with E-state index in [1.165, 1.54) is 31.4 Å². The zero-order valence-corrected chi connectivity index (χ0v) is 18.4. The van der Waals surface area contributed by atoms with Crippen LogP contribution in [0.5, 0.6) is 5.75 Å². The number of methoxy groups -OCH3 is 1. The lowest BCUT2D eigenvalue weighted by atomic mass is 10.1. The molecule has 0 bridgehead atoms. The molecule has 0 aliphatic heterocycles. The van der Waals surface area contributed by atoms with E-state index in [-0.39, 0.29) is 16.5 Å². The van der Waals surface area contributed by atoms with E-state index >= 15 is 0 Å². The van der Waals surface area contributed by atoms with E-state index in [9.17, 15) is 38.3 Å². The van der Waals surface area contributed by atoms with E-state index in [4.69, 9.17) is 4.74 Å². The van der Waals surface area contributed by atoms with Crippen molar-refractivity contribution in [3.05, 3.63) is 60.3 Å². The average molecular weight is 482 g/mol. The normalized spacial score (nSPS) is 12.2. The van der Waals surface area contributed by atoms with E-state index < -0.39 is 38.8 Å². The quantitative estimate of drug-likeness (QED) is 0.183. The maximum absolute atomic E-state index is 12.8. The Morgan fingerprint density at radius 1 is 1.00 bits per heavy atom. The standard InChI is InChI=1S/C19H20N2O9P2/c1-30-13-8-6-12(7-9-13)20-19(23)18(22)15-10-21(16-5-3-2-4-14(15)16)11-17(31(24,25)26)32(27,28)29/h2-10,17H,11H2,1H3,(H,20,23)(H2,24,25,26)(H2,27,28,29). The Bertz CT molecular complexity index is 1240. The van der Waals surface area contributed by atoms with Crippen LogP contribution in [0.1, 0.15) is 10.4 Å². The number of hydrogen-bond donors (Lipinski definition) is 5. The predicted molar refractivity (Wildman–Crippen MR) is 116 cm³/mol. The first-order valence-corrected chi connectivity index (χ1v) is 12.5. The van der Waals surface area contributed by atoms with Gasteiger partial charge >= 0.3 is 15.2 Å². The molecule has 32 heavy (non-hydrogen) atoms. The second kappa shape index (κ2) is 8.99. The van der Waals surface area contributed by atoms with Crippen LogP contribution >= 0.6 is 15.2 Å². The predicted octanol–water partition coefficient (Wildman–Crippen LogP) is 2.15. The van der Waals surface area contributed by atoms with Gasteiger partial charge in [-0.1, -0.05) is 18.2 Å². The minimum Gasteiger partial charge on any atom is -0.497 e. The summed E-state index contributed by atoms with van der Waals surface area (Å²) in [6, 6.07) is 12.5. The van der Waals surface area contributed by atoms with Gasteiger partial charge in [-0.3, -0.25) is 18.7 Å². The third-order valence-corrected chi connectivity index (χ3v) is 8.41. The van der Waals surface area contributed by atoms with E-state index in [1.807, 2.05) is 0 Å². The Hall–Kier alpha value is -2.78. The number of amides is 1. The molecule has 0 aliphatic rings. The smallest absolute Gasteiger partial charge is 0.342 e. The maximum Gasteiger partial charge on any atom is 0.342 e. The first-order chi connectivity index (χ1) is 14.9. The largest absolute Gasteiger partial charge is 0.497 e. The number of fused-ring (bicyclic) bond motifs is 1. The molecule has 3 aromatic rings. The van der Waals surface area contributed by atoms with Crippen LogP contribution in [0.15, 0.2) is 54.7 Å². The van der Waals surface area contributed by atoms with Crippen LogP contribution < -0.4 is 10.1 Å². The fourth-order valence-corrected chi connectivity index (χ4v) is 5.49. The van der Waals surface area contributed by atoms with E-state index in [0.29, 0.717) is 11.4 Å². The zero-order valence-electron chi connectivity index (χ0n) is 16.7. The first kappa shape index (κ1) is 23.9. The molecule has 0 atom stereocenters. The van der Waals surface area contributed by atoms with Crippen molar-refractivity contribution in [1.29, 1.82) is 0 Å². The van der Waals surface area contributed by atoms with Crippen molar-refractivity contribution in [3.63, 3.8) is 0 Å². The highest BCUT2D eigenvalue weighted by Gasteiger charge is 2.43. The third-order valence-electron chi connectivity index (χ3n) is 4.72. The number of ether oxygens (including phenoxy) is 1. The lowest BCUT2D eigenvalue weighted by Crippen LogP contribution is -2.22. The highest BCUT2D eigenvalue weighted by Crippen LogP contribution is 2.60. The minimum atomic E-state index is -5.19. The first-order valence-electron chi connectivity index (χ1n) is 9.10. The van der Waals surface area contributed by atoms with Crippen molar-refractivity contribution in [3.8, 4) is 5.75 Å². The van der Waals surface area contributed by atoms with Gasteiger partial charge in [0.05, 0.1) is 12.7 Å². The molecule has 3 rings (SSSR count). The number of carbonyl (C=O) groups is 2. The number of aromatic nitrogens is 1. The van der Waals surface area contributed by atoms with Gasteiger partial charge in [0.2, 0.25) is 0 Å². The zero-order chi connectivity index (χ0) is 23.7. The highest BCUT2D eigenvalue weighted by molar-refractivity contribution is 7.70. The van der Waals surface area contributed by atoms with Crippen LogP contribution in [-0.4, -0.2) is 48.3 Å². The van der Waals surface area contributed by atoms with Crippen LogP contribution in [0.25, 0.3) is 10.9 Å². The van der Waals surface area contributed by atoms with Gasteiger partial charge in [0, 0.05) is 29.3 Å². The third kappa shape index (κ3) is 5.16. The Balaban J connectivity index is 1.95. The van der Waals surface area contributed by atoms with Crippen LogP contribution in [0.4, 0.5) is 5.69 Å². The number of anilines is 1. The maximum atomic E-state index is 12.8. The van der Waals surface area contributed by atoms with E-state index in [0.717, 1.165) is 10.8 Å². The number of benzene rings is 2. The van der Waals surface area contributed by atoms with Crippen molar-refractivity contribution in [2.24, 2.45) is 0 Å². The Kier molecular flexibility index (Phi) is 6.71. The Labute approximate surface area is 182 Å². The molecular formula is C19H20N2O9P2. The molecule has 1 heterocycles. The molecule has 5 N–H and O–H groups in total. The Morgan fingerprint density at radius 2 is 1.59 bits per heavy atom. The van der Waals surface area contributed by atoms with Gasteiger partial charge in [-0.15, -0.1) is 0 Å². The van der Waals surface area contributed by atoms with Gasteiger partial charge < -0.3 is 34.2 Å². The Morgan fingerprint density at radius 3 is 2.16 bits per heavy atom. The molecule has 0 spiro atoms. The fourth-order valence-electron chi connectivity index (χ4n) is 3.15. The molecule has 0 unspecified atom stereocenters. The van der Waals surface area contributed by atoms with Gasteiger partial charge in [-0.25, -0.2) is 0 Å². The summed E-state index contributed by atoms with van der Waals surface area (Å²) in [5.41, 5.74) is 0.540. The van der Waals surface area contributed by atoms with Gasteiger partial charge in [0.1, 0.15) is 5.75 Å². The molecule has 0 saturated heterocycles. The summed E-state index contributed by atoms with van der Waals surface area (Å²) in [5.74, 6) is -1.33. The second-order valence-electron chi connectivity index (χ2n) is 6.88. The van der Waals surface area contributed by atoms with Gasteiger partial charge in [-0.05, 0) is 30.3 Å². The van der Waals surface area contributed by atoms with Gasteiger partial charge in [0.15, 0.2) is 5.40 Å². The van der Waals surface area contributed by atoms with Crippen molar-refractivity contribution in [1.82, 2.24) is 4.57 Å². The topological polar surface area (TPSA) is 175 Å². The van der Waals surface area contributed by atoms with E-state index in [1.54, 1.807) is 24.3 Å². The lowest BCUT2D eigenvalue weighted by molar-refractivity contribution is -0.112. The molecule has 0 aliphatic carbocycles. The van der Waals surface area contributed by atoms with Crippen molar-refractivity contribution in [2.75, 3.05) is 12.4 Å². The summed E-state index contributed by atoms with van der Waals surface area (Å²) < 4.78 is 29.5. The number of nitrogens with one attached hydrogen (secondary N) is 1. The summed E-state index contributed by atoms with van der Waals surface area (Å²) in [5, 5.41) is 0.438. The molecule has 0 radical (unpaired) electrons. The number of carbonyl (C=O) groups excluding carboxylic acids is 2. The van der Waals surface area contributed by atoms with Crippen LogP contribution in [0.3, 0.4) is 0 Å². The molecule has 0 fully saturated rings. The minimum absolute atomic E-state index is 0.0817. The van der Waals surface area contributed by atoms with Gasteiger partial charge in [0.25, 0.3) is 11.7 Å². The molecule has 11 nitrogen and oxygen atoms in total. The monoisotopic (exact) mass is 482 g/mol. The van der Waals surface area contributed by atoms with Crippen molar-refractivity contribution < 1.29 is 43.0 Å². The number of ketones is 1. The number of hydrogen-bond acceptors (Lipinski definition) is 5. The van der Waals surface area contributed by atoms with Crippen LogP contribution in [0.2, 0.25) is 0 Å². The fraction of sp³-hybridized carbons (Fsp3) is 0.158. The number of para-hydroxylation sites is 1. The number of nitrogens with zero attached hydrogens (tertiary/aromatic N) is 1. The molecular weight excluding hydrogens is 462 g/mol. The molecule has 2 aromatic carbocycles. The molecule has 0 saturated carbocycles. The summed E-state index contributed by atoms with van der Waals surface area (Å²) in [7, 11) is -8.89. The summed E-state index contributed by atoms with van der Waals surface area (Å²) in [4.78, 5) is 63.0. The van der Waals surface area contributed by atoms with Crippen LogP contribution in [0, 0.1) is 0 Å². The highest BCUT2D eigenvalue weighted by atomic mass is 31.2. The van der Waals surface area contributed by atoms with Crippen LogP contribution in [-0.2, 0) is 20.5 Å². The van der Waals surface area contributed by atoms with Crippen molar-refractivity contribution >= 4 is 43.5 Å². The SMILES string of the molecule is COc1ccc(NC(=O)C(=O)c2cn(CC(P(=O)(O)O)P(=O)(O)O)c3ccccc23)cc1. The molecule has 1 amide bonds. The van der Waals surface area contributed by atoms with E-state index in [2.05, 4.69) is 5.32 Å². The van der Waals surface area contributed by atoms with Crippen molar-refractivity contribution in [2.45, 2.75) is 11.9 Å². The summed E-state index contributed by atoms with van der Waals surface area (Å²) in [6.45, 7) is -0.761. The molecule has 1 aromatic heterocycles. The number of Topliss-reactive ketones (excluding diaryl/α,β-unsaturated/α-hetero) is 1. The number of rotatable bonds is 8. The lowest BCUT2D eigenvalue weighted by Gasteiger charge is -2.20. The average Bonchev–Trinajstić information content (AvgIpc) is 3.09. The summed E-state index contributed by atoms with van der Waals surface area (Å²) in [6.07, 6.45) is 1.15. The summed E-state index contributed by atoms with van der Waals surface area (Å²) >= 11 is 0. The molecule has 170 valence electrons.